The maximum absolute atomic E-state index is 4.75. The predicted molar refractivity (Wildman–Crippen MR) is 135 cm³/mol. The van der Waals surface area contributed by atoms with Crippen molar-refractivity contribution >= 4 is 41.3 Å². The number of piperidine rings is 1. The molecule has 0 amide bonds. The Morgan fingerprint density at radius 1 is 1.20 bits per heavy atom. The van der Waals surface area contributed by atoms with Crippen molar-refractivity contribution in [3.8, 4) is 0 Å². The van der Waals surface area contributed by atoms with E-state index in [9.17, 15) is 0 Å². The maximum atomic E-state index is 4.75. The van der Waals surface area contributed by atoms with Gasteiger partial charge in [-0.2, -0.15) is 0 Å². The number of anilines is 1. The van der Waals surface area contributed by atoms with E-state index in [-0.39, 0.29) is 24.0 Å². The quantitative estimate of drug-likeness (QED) is 0.308. The number of aliphatic imine (C=N–C) groups is 1. The van der Waals surface area contributed by atoms with Crippen molar-refractivity contribution in [2.24, 2.45) is 4.99 Å². The Labute approximate surface area is 195 Å². The van der Waals surface area contributed by atoms with Crippen LogP contribution in [0.4, 0.5) is 5.69 Å². The number of hydrogen-bond acceptors (Lipinski definition) is 3. The van der Waals surface area contributed by atoms with Gasteiger partial charge < -0.3 is 19.9 Å². The van der Waals surface area contributed by atoms with E-state index in [1.807, 2.05) is 13.2 Å². The zero-order chi connectivity index (χ0) is 20.1. The fraction of sp³-hybridized carbons (Fsp3) is 0.391. The van der Waals surface area contributed by atoms with Crippen molar-refractivity contribution in [3.05, 3.63) is 66.1 Å². The lowest BCUT2D eigenvalue weighted by atomic mass is 10.1. The number of aryl methyl sites for hydroxylation is 1. The Kier molecular flexibility index (Phi) is 7.95. The Morgan fingerprint density at radius 2 is 2.03 bits per heavy atom. The van der Waals surface area contributed by atoms with Gasteiger partial charge in [0.25, 0.3) is 0 Å². The topological polar surface area (TPSA) is 57.0 Å². The highest BCUT2D eigenvalue weighted by atomic mass is 127. The lowest BCUT2D eigenvalue weighted by molar-refractivity contribution is 0.468. The van der Waals surface area contributed by atoms with E-state index in [0.717, 1.165) is 49.8 Å². The van der Waals surface area contributed by atoms with Crippen molar-refractivity contribution in [2.45, 2.75) is 32.2 Å². The van der Waals surface area contributed by atoms with E-state index >= 15 is 0 Å². The number of hydrogen-bond donors (Lipinski definition) is 2. The monoisotopic (exact) mass is 518 g/mol. The standard InChI is InChI=1S/C23H30N6.HI/c1-18-8-6-15-29-17-20(26-22(18)29)12-13-25-23(24-2)27-19-9-7-14-28(16-19)21-10-4-3-5-11-21;/h3-6,8,10-11,15,17,19H,7,9,12-14,16H2,1-2H3,(H2,24,25,27);1H. The van der Waals surface area contributed by atoms with Crippen LogP contribution in [-0.4, -0.2) is 48.1 Å². The first-order valence-electron chi connectivity index (χ1n) is 10.4. The molecule has 7 heteroatoms. The third-order valence-electron chi connectivity index (χ3n) is 5.51. The van der Waals surface area contributed by atoms with E-state index in [2.05, 4.69) is 80.5 Å². The first-order chi connectivity index (χ1) is 14.2. The molecule has 0 aliphatic carbocycles. The van der Waals surface area contributed by atoms with E-state index in [0.29, 0.717) is 6.04 Å². The molecule has 1 aromatic carbocycles. The highest BCUT2D eigenvalue weighted by molar-refractivity contribution is 14.0. The summed E-state index contributed by atoms with van der Waals surface area (Å²) in [6.45, 7) is 5.01. The lowest BCUT2D eigenvalue weighted by Crippen LogP contribution is -2.51. The smallest absolute Gasteiger partial charge is 0.191 e. The molecule has 160 valence electrons. The largest absolute Gasteiger partial charge is 0.369 e. The van der Waals surface area contributed by atoms with Gasteiger partial charge in [0.15, 0.2) is 5.96 Å². The molecule has 30 heavy (non-hydrogen) atoms. The van der Waals surface area contributed by atoms with Crippen LogP contribution in [0.15, 0.2) is 59.9 Å². The molecule has 1 unspecified atom stereocenters. The molecule has 0 saturated carbocycles. The number of aromatic nitrogens is 2. The summed E-state index contributed by atoms with van der Waals surface area (Å²) in [7, 11) is 1.83. The van der Waals surface area contributed by atoms with Gasteiger partial charge in [0.1, 0.15) is 5.65 Å². The average molecular weight is 518 g/mol. The summed E-state index contributed by atoms with van der Waals surface area (Å²) in [6.07, 6.45) is 7.37. The second-order valence-corrected chi connectivity index (χ2v) is 7.67. The number of pyridine rings is 1. The normalized spacial score (nSPS) is 16.9. The van der Waals surface area contributed by atoms with Crippen LogP contribution in [0.3, 0.4) is 0 Å². The van der Waals surface area contributed by atoms with Crippen molar-refractivity contribution < 1.29 is 0 Å². The predicted octanol–water partition coefficient (Wildman–Crippen LogP) is 3.64. The molecule has 4 rings (SSSR count). The summed E-state index contributed by atoms with van der Waals surface area (Å²) in [5, 5.41) is 7.05. The molecule has 3 aromatic rings. The summed E-state index contributed by atoms with van der Waals surface area (Å²) in [5.74, 6) is 0.866. The van der Waals surface area contributed by atoms with Crippen molar-refractivity contribution in [3.63, 3.8) is 0 Å². The molecule has 1 aliphatic heterocycles. The number of nitrogens with one attached hydrogen (secondary N) is 2. The third kappa shape index (κ3) is 5.44. The van der Waals surface area contributed by atoms with Crippen LogP contribution in [0.2, 0.25) is 0 Å². The maximum Gasteiger partial charge on any atom is 0.191 e. The van der Waals surface area contributed by atoms with Crippen LogP contribution >= 0.6 is 24.0 Å². The molecule has 0 spiro atoms. The number of rotatable bonds is 5. The van der Waals surface area contributed by atoms with Crippen LogP contribution in [0.25, 0.3) is 5.65 Å². The van der Waals surface area contributed by atoms with Crippen LogP contribution < -0.4 is 15.5 Å². The fourth-order valence-corrected chi connectivity index (χ4v) is 3.99. The minimum absolute atomic E-state index is 0. The first-order valence-corrected chi connectivity index (χ1v) is 10.4. The number of benzene rings is 1. The van der Waals surface area contributed by atoms with Crippen molar-refractivity contribution in [2.75, 3.05) is 31.6 Å². The Morgan fingerprint density at radius 3 is 2.80 bits per heavy atom. The van der Waals surface area contributed by atoms with Gasteiger partial charge in [-0.05, 0) is 43.5 Å². The van der Waals surface area contributed by atoms with Gasteiger partial charge in [-0.25, -0.2) is 4.98 Å². The zero-order valence-electron chi connectivity index (χ0n) is 17.7. The number of guanidine groups is 1. The Balaban J connectivity index is 0.00000256. The van der Waals surface area contributed by atoms with Gasteiger partial charge in [0.05, 0.1) is 5.69 Å². The number of nitrogens with zero attached hydrogens (tertiary/aromatic N) is 4. The minimum Gasteiger partial charge on any atom is -0.369 e. The molecule has 1 aliphatic rings. The summed E-state index contributed by atoms with van der Waals surface area (Å²) in [5.41, 5.74) is 4.62. The number of para-hydroxylation sites is 1. The molecule has 3 heterocycles. The van der Waals surface area contributed by atoms with Crippen LogP contribution in [-0.2, 0) is 6.42 Å². The summed E-state index contributed by atoms with van der Waals surface area (Å²) < 4.78 is 2.10. The van der Waals surface area contributed by atoms with Gasteiger partial charge in [0.2, 0.25) is 0 Å². The van der Waals surface area contributed by atoms with Crippen molar-refractivity contribution in [1.29, 1.82) is 0 Å². The van der Waals surface area contributed by atoms with Gasteiger partial charge in [-0.15, -0.1) is 24.0 Å². The summed E-state index contributed by atoms with van der Waals surface area (Å²) >= 11 is 0. The van der Waals surface area contributed by atoms with Crippen LogP contribution in [0.5, 0.6) is 0 Å². The van der Waals surface area contributed by atoms with Gasteiger partial charge in [-0.3, -0.25) is 4.99 Å². The Bertz CT molecular complexity index is 968. The zero-order valence-corrected chi connectivity index (χ0v) is 20.0. The number of fused-ring (bicyclic) bond motifs is 1. The van der Waals surface area contributed by atoms with Gasteiger partial charge >= 0.3 is 0 Å². The molecular formula is C23H31IN6. The van der Waals surface area contributed by atoms with E-state index in [4.69, 9.17) is 4.98 Å². The van der Waals surface area contributed by atoms with E-state index in [1.54, 1.807) is 0 Å². The molecule has 0 radical (unpaired) electrons. The molecule has 1 saturated heterocycles. The van der Waals surface area contributed by atoms with Crippen LogP contribution in [0.1, 0.15) is 24.1 Å². The Hall–Kier alpha value is -2.29. The second kappa shape index (κ2) is 10.7. The highest BCUT2D eigenvalue weighted by Gasteiger charge is 2.20. The van der Waals surface area contributed by atoms with Gasteiger partial charge in [-0.1, -0.05) is 24.3 Å². The van der Waals surface area contributed by atoms with Crippen LogP contribution in [0, 0.1) is 6.92 Å². The average Bonchev–Trinajstić information content (AvgIpc) is 3.18. The minimum atomic E-state index is 0. The molecule has 0 bridgehead atoms. The summed E-state index contributed by atoms with van der Waals surface area (Å²) in [6, 6.07) is 15.2. The molecular weight excluding hydrogens is 487 g/mol. The molecule has 6 nitrogen and oxygen atoms in total. The second-order valence-electron chi connectivity index (χ2n) is 7.67. The SMILES string of the molecule is CN=C(NCCc1cn2cccc(C)c2n1)NC1CCCN(c2ccccc2)C1.I. The summed E-state index contributed by atoms with van der Waals surface area (Å²) in [4.78, 5) is 11.6. The number of halogens is 1. The third-order valence-corrected chi connectivity index (χ3v) is 5.51. The molecule has 2 aromatic heterocycles. The first kappa shape index (κ1) is 22.4. The lowest BCUT2D eigenvalue weighted by Gasteiger charge is -2.35. The van der Waals surface area contributed by atoms with E-state index < -0.39 is 0 Å². The highest BCUT2D eigenvalue weighted by Crippen LogP contribution is 2.19. The number of imidazole rings is 1. The molecule has 2 N–H and O–H groups in total. The van der Waals surface area contributed by atoms with Gasteiger partial charge in [0, 0.05) is 57.2 Å². The fourth-order valence-electron chi connectivity index (χ4n) is 3.99. The van der Waals surface area contributed by atoms with Crippen molar-refractivity contribution in [1.82, 2.24) is 20.0 Å². The van der Waals surface area contributed by atoms with E-state index in [1.165, 1.54) is 17.7 Å². The molecule has 1 atom stereocenters. The molecule has 1 fully saturated rings.